The Balaban J connectivity index is 3.07. The molecule has 2 heteroatoms. The van der Waals surface area contributed by atoms with E-state index in [9.17, 15) is 10.2 Å². The Labute approximate surface area is 78.8 Å². The van der Waals surface area contributed by atoms with E-state index in [0.29, 0.717) is 0 Å². The van der Waals surface area contributed by atoms with Crippen LogP contribution in [-0.4, -0.2) is 16.3 Å². The molecular formula is C11H16O2. The van der Waals surface area contributed by atoms with Crippen molar-refractivity contribution in [2.24, 2.45) is 0 Å². The minimum absolute atomic E-state index is 0.242. The van der Waals surface area contributed by atoms with E-state index in [1.807, 2.05) is 19.9 Å². The summed E-state index contributed by atoms with van der Waals surface area (Å²) in [6.45, 7) is 5.66. The highest BCUT2D eigenvalue weighted by molar-refractivity contribution is 5.32. The summed E-state index contributed by atoms with van der Waals surface area (Å²) < 4.78 is 0. The normalized spacial score (nSPS) is 14.2. The summed E-state index contributed by atoms with van der Waals surface area (Å²) in [5.74, 6) is 0.242. The predicted molar refractivity (Wildman–Crippen MR) is 52.8 cm³/mol. The summed E-state index contributed by atoms with van der Waals surface area (Å²) in [5.41, 5.74) is 0.626. The van der Waals surface area contributed by atoms with Crippen molar-refractivity contribution in [2.75, 3.05) is 0 Å². The number of hydrogen-bond donors (Lipinski definition) is 2. The second kappa shape index (κ2) is 3.38. The largest absolute Gasteiger partial charge is 0.508 e. The van der Waals surface area contributed by atoms with Crippen LogP contribution < -0.4 is 0 Å². The average molecular weight is 180 g/mol. The number of phenolic OH excluding ortho intramolecular Hbond substituents is 1. The summed E-state index contributed by atoms with van der Waals surface area (Å²) in [6, 6.07) is 7.01. The number of aliphatic hydroxyl groups is 1. The highest BCUT2D eigenvalue weighted by atomic mass is 16.3. The third-order valence-corrected chi connectivity index (χ3v) is 2.63. The van der Waals surface area contributed by atoms with Gasteiger partial charge in [0, 0.05) is 5.41 Å². The van der Waals surface area contributed by atoms with Crippen molar-refractivity contribution < 1.29 is 10.2 Å². The second-order valence-electron chi connectivity index (χ2n) is 3.95. The first-order valence-electron chi connectivity index (χ1n) is 4.42. The Bertz CT molecular complexity index is 290. The molecule has 1 aromatic carbocycles. The van der Waals surface area contributed by atoms with Gasteiger partial charge in [0.15, 0.2) is 0 Å². The van der Waals surface area contributed by atoms with Gasteiger partial charge in [-0.1, -0.05) is 26.0 Å². The predicted octanol–water partition coefficient (Wildman–Crippen LogP) is 2.05. The standard InChI is InChI=1S/C11H16O2/c1-8(12)11(2,3)9-5-4-6-10(13)7-9/h4-8,12-13H,1-3H3. The van der Waals surface area contributed by atoms with Crippen LogP contribution in [0, 0.1) is 0 Å². The molecule has 0 spiro atoms. The SMILES string of the molecule is CC(O)C(C)(C)c1cccc(O)c1. The van der Waals surface area contributed by atoms with Gasteiger partial charge in [-0.2, -0.15) is 0 Å². The van der Waals surface area contributed by atoms with Crippen LogP contribution in [0.25, 0.3) is 0 Å². The quantitative estimate of drug-likeness (QED) is 0.731. The van der Waals surface area contributed by atoms with Crippen molar-refractivity contribution in [1.82, 2.24) is 0 Å². The number of hydrogen-bond acceptors (Lipinski definition) is 2. The van der Waals surface area contributed by atoms with E-state index in [4.69, 9.17) is 0 Å². The topological polar surface area (TPSA) is 40.5 Å². The zero-order valence-corrected chi connectivity index (χ0v) is 8.28. The molecule has 0 aliphatic carbocycles. The monoisotopic (exact) mass is 180 g/mol. The Morgan fingerprint density at radius 1 is 1.31 bits per heavy atom. The molecule has 0 aromatic heterocycles. The molecule has 1 rings (SSSR count). The van der Waals surface area contributed by atoms with E-state index in [0.717, 1.165) is 5.56 Å². The van der Waals surface area contributed by atoms with Gasteiger partial charge in [0.25, 0.3) is 0 Å². The summed E-state index contributed by atoms with van der Waals surface area (Å²) in [7, 11) is 0. The summed E-state index contributed by atoms with van der Waals surface area (Å²) in [4.78, 5) is 0. The molecule has 0 saturated carbocycles. The molecule has 1 unspecified atom stereocenters. The molecule has 0 aliphatic heterocycles. The van der Waals surface area contributed by atoms with Gasteiger partial charge in [-0.25, -0.2) is 0 Å². The molecule has 1 atom stereocenters. The second-order valence-corrected chi connectivity index (χ2v) is 3.95. The molecule has 0 bridgehead atoms. The molecule has 72 valence electrons. The maximum atomic E-state index is 9.54. The van der Waals surface area contributed by atoms with Crippen molar-refractivity contribution in [3.63, 3.8) is 0 Å². The Kier molecular flexibility index (Phi) is 2.62. The van der Waals surface area contributed by atoms with Crippen LogP contribution in [0.4, 0.5) is 0 Å². The summed E-state index contributed by atoms with van der Waals surface area (Å²) in [6.07, 6.45) is -0.436. The van der Waals surface area contributed by atoms with Crippen LogP contribution in [-0.2, 0) is 5.41 Å². The van der Waals surface area contributed by atoms with Crippen LogP contribution >= 0.6 is 0 Å². The third kappa shape index (κ3) is 2.01. The first-order chi connectivity index (χ1) is 5.94. The zero-order valence-electron chi connectivity index (χ0n) is 8.28. The fourth-order valence-corrected chi connectivity index (χ4v) is 1.15. The molecule has 2 N–H and O–H groups in total. The molecule has 0 fully saturated rings. The van der Waals surface area contributed by atoms with Crippen LogP contribution in [0.2, 0.25) is 0 Å². The number of aliphatic hydroxyl groups excluding tert-OH is 1. The maximum absolute atomic E-state index is 9.54. The first-order valence-corrected chi connectivity index (χ1v) is 4.42. The van der Waals surface area contributed by atoms with Crippen LogP contribution in [0.15, 0.2) is 24.3 Å². The van der Waals surface area contributed by atoms with Gasteiger partial charge < -0.3 is 10.2 Å². The third-order valence-electron chi connectivity index (χ3n) is 2.63. The lowest BCUT2D eigenvalue weighted by Gasteiger charge is -2.28. The highest BCUT2D eigenvalue weighted by Gasteiger charge is 2.26. The van der Waals surface area contributed by atoms with Crippen molar-refractivity contribution in [3.05, 3.63) is 29.8 Å². The van der Waals surface area contributed by atoms with E-state index < -0.39 is 6.10 Å². The fourth-order valence-electron chi connectivity index (χ4n) is 1.15. The van der Waals surface area contributed by atoms with Crippen LogP contribution in [0.3, 0.4) is 0 Å². The molecule has 0 aliphatic rings. The van der Waals surface area contributed by atoms with E-state index in [-0.39, 0.29) is 11.2 Å². The lowest BCUT2D eigenvalue weighted by molar-refractivity contribution is 0.118. The average Bonchev–Trinajstić information content (AvgIpc) is 2.04. The van der Waals surface area contributed by atoms with Crippen molar-refractivity contribution >= 4 is 0 Å². The first kappa shape index (κ1) is 10.1. The number of benzene rings is 1. The van der Waals surface area contributed by atoms with Crippen molar-refractivity contribution in [2.45, 2.75) is 32.3 Å². The Hall–Kier alpha value is -1.02. The molecule has 0 amide bonds. The molecule has 0 radical (unpaired) electrons. The molecule has 1 aromatic rings. The van der Waals surface area contributed by atoms with Gasteiger partial charge in [-0.15, -0.1) is 0 Å². The maximum Gasteiger partial charge on any atom is 0.115 e. The van der Waals surface area contributed by atoms with Crippen molar-refractivity contribution in [3.8, 4) is 5.75 Å². The molecule has 0 saturated heterocycles. The van der Waals surface area contributed by atoms with Gasteiger partial charge in [0.1, 0.15) is 5.75 Å². The molecular weight excluding hydrogens is 164 g/mol. The molecule has 2 nitrogen and oxygen atoms in total. The number of rotatable bonds is 2. The fraction of sp³-hybridized carbons (Fsp3) is 0.455. The van der Waals surface area contributed by atoms with Gasteiger partial charge in [0.2, 0.25) is 0 Å². The smallest absolute Gasteiger partial charge is 0.115 e. The zero-order chi connectivity index (χ0) is 10.1. The van der Waals surface area contributed by atoms with Crippen molar-refractivity contribution in [1.29, 1.82) is 0 Å². The highest BCUT2D eigenvalue weighted by Crippen LogP contribution is 2.28. The lowest BCUT2D eigenvalue weighted by Crippen LogP contribution is -2.30. The summed E-state index contributed by atoms with van der Waals surface area (Å²) >= 11 is 0. The van der Waals surface area contributed by atoms with E-state index >= 15 is 0 Å². The minimum Gasteiger partial charge on any atom is -0.508 e. The van der Waals surface area contributed by atoms with Crippen LogP contribution in [0.1, 0.15) is 26.3 Å². The Morgan fingerprint density at radius 3 is 2.38 bits per heavy atom. The number of phenols is 1. The minimum atomic E-state index is -0.436. The van der Waals surface area contributed by atoms with E-state index in [2.05, 4.69) is 0 Å². The van der Waals surface area contributed by atoms with Crippen LogP contribution in [0.5, 0.6) is 5.75 Å². The van der Waals surface area contributed by atoms with E-state index in [1.165, 1.54) is 0 Å². The Morgan fingerprint density at radius 2 is 1.92 bits per heavy atom. The van der Waals surface area contributed by atoms with Gasteiger partial charge in [-0.05, 0) is 24.6 Å². The molecule has 13 heavy (non-hydrogen) atoms. The summed E-state index contributed by atoms with van der Waals surface area (Å²) in [5, 5.41) is 18.8. The van der Waals surface area contributed by atoms with Gasteiger partial charge in [0.05, 0.1) is 6.10 Å². The number of aromatic hydroxyl groups is 1. The molecule has 0 heterocycles. The van der Waals surface area contributed by atoms with Gasteiger partial charge >= 0.3 is 0 Å². The lowest BCUT2D eigenvalue weighted by atomic mass is 9.80. The van der Waals surface area contributed by atoms with Gasteiger partial charge in [-0.3, -0.25) is 0 Å². The van der Waals surface area contributed by atoms with E-state index in [1.54, 1.807) is 25.1 Å².